The zero-order chi connectivity index (χ0) is 24.0. The van der Waals surface area contributed by atoms with E-state index >= 15 is 0 Å². The van der Waals surface area contributed by atoms with E-state index in [0.29, 0.717) is 22.8 Å². The molecule has 0 radical (unpaired) electrons. The van der Waals surface area contributed by atoms with Gasteiger partial charge in [-0.15, -0.1) is 0 Å². The Labute approximate surface area is 197 Å². The lowest BCUT2D eigenvalue weighted by Gasteiger charge is -2.24. The van der Waals surface area contributed by atoms with Gasteiger partial charge in [-0.25, -0.2) is 0 Å². The van der Waals surface area contributed by atoms with E-state index < -0.39 is 29.6 Å². The molecule has 0 spiro atoms. The van der Waals surface area contributed by atoms with E-state index in [1.54, 1.807) is 42.5 Å². The number of carbonyl (C=O) groups excluding carboxylic acids is 3. The first-order chi connectivity index (χ1) is 15.8. The number of ketones is 1. The monoisotopic (exact) mass is 471 g/mol. The highest BCUT2D eigenvalue weighted by Gasteiger charge is 2.36. The van der Waals surface area contributed by atoms with Crippen molar-refractivity contribution in [1.29, 1.82) is 0 Å². The number of methoxy groups -OCH3 is 1. The second kappa shape index (κ2) is 11.1. The van der Waals surface area contributed by atoms with E-state index in [1.165, 1.54) is 7.11 Å². The van der Waals surface area contributed by atoms with Crippen LogP contribution in [0.25, 0.3) is 0 Å². The number of halogens is 1. The summed E-state index contributed by atoms with van der Waals surface area (Å²) in [5, 5.41) is 10.1. The number of benzene rings is 2. The normalized spacial score (nSPS) is 17.4. The number of carboxylic acids is 1. The molecule has 1 aliphatic rings. The van der Waals surface area contributed by atoms with Gasteiger partial charge in [-0.05, 0) is 48.6 Å². The summed E-state index contributed by atoms with van der Waals surface area (Å²) < 4.78 is 5.36. The molecule has 1 unspecified atom stereocenters. The summed E-state index contributed by atoms with van der Waals surface area (Å²) in [5.74, 6) is -3.54. The second-order valence-electron chi connectivity index (χ2n) is 8.18. The summed E-state index contributed by atoms with van der Waals surface area (Å²) in [6.07, 6.45) is 0.502. The number of rotatable bonds is 8. The van der Waals surface area contributed by atoms with Crippen LogP contribution in [0.2, 0.25) is 5.02 Å². The van der Waals surface area contributed by atoms with Crippen molar-refractivity contribution in [3.63, 3.8) is 0 Å². The number of hydrogen-bond acceptors (Lipinski definition) is 5. The smallest absolute Gasteiger partial charge is 0.307 e. The Bertz CT molecular complexity index is 1040. The van der Waals surface area contributed by atoms with Crippen molar-refractivity contribution < 1.29 is 29.0 Å². The lowest BCUT2D eigenvalue weighted by atomic mass is 9.93. The van der Waals surface area contributed by atoms with E-state index in [4.69, 9.17) is 16.3 Å². The number of amides is 2. The standard InChI is InChI=1S/C25H26ClNO6/c1-33-22-10-8-20(26)13-18(22)12-17-7-9-21(28)15-27(24(17)30)23(29)14-19(25(31)32)11-16-5-3-2-4-6-16/h2-6,8,10,13,17,19H,7,9,11-12,14-15H2,1H3,(H,31,32)/t17?,19-/m1/s1. The Morgan fingerprint density at radius 1 is 1.18 bits per heavy atom. The molecule has 2 atom stereocenters. The quantitative estimate of drug-likeness (QED) is 0.631. The van der Waals surface area contributed by atoms with Crippen LogP contribution in [0.1, 0.15) is 30.4 Å². The van der Waals surface area contributed by atoms with Gasteiger partial charge in [0.25, 0.3) is 0 Å². The van der Waals surface area contributed by atoms with Gasteiger partial charge in [0.15, 0.2) is 5.78 Å². The fraction of sp³-hybridized carbons (Fsp3) is 0.360. The molecule has 2 amide bonds. The van der Waals surface area contributed by atoms with Crippen LogP contribution in [-0.4, -0.2) is 47.2 Å². The Morgan fingerprint density at radius 2 is 1.91 bits per heavy atom. The predicted octanol–water partition coefficient (Wildman–Crippen LogP) is 3.56. The Kier molecular flexibility index (Phi) is 8.22. The number of hydrogen-bond donors (Lipinski definition) is 1. The molecule has 7 nitrogen and oxygen atoms in total. The van der Waals surface area contributed by atoms with Gasteiger partial charge in [0.2, 0.25) is 11.8 Å². The van der Waals surface area contributed by atoms with E-state index in [2.05, 4.69) is 0 Å². The van der Waals surface area contributed by atoms with Crippen molar-refractivity contribution >= 4 is 35.2 Å². The molecular formula is C25H26ClNO6. The topological polar surface area (TPSA) is 101 Å². The van der Waals surface area contributed by atoms with Crippen LogP contribution < -0.4 is 4.74 Å². The highest BCUT2D eigenvalue weighted by molar-refractivity contribution is 6.30. The second-order valence-corrected chi connectivity index (χ2v) is 8.62. The highest BCUT2D eigenvalue weighted by Crippen LogP contribution is 2.29. The molecule has 1 N–H and O–H groups in total. The number of nitrogens with zero attached hydrogens (tertiary/aromatic N) is 1. The molecule has 174 valence electrons. The number of likely N-dealkylation sites (tertiary alicyclic amines) is 1. The summed E-state index contributed by atoms with van der Waals surface area (Å²) in [5.41, 5.74) is 1.49. The molecule has 0 bridgehead atoms. The summed E-state index contributed by atoms with van der Waals surface area (Å²) in [6.45, 7) is -0.335. The average molecular weight is 472 g/mol. The number of carboxylic acid groups (broad SMARTS) is 1. The molecule has 0 aliphatic carbocycles. The van der Waals surface area contributed by atoms with Gasteiger partial charge in [-0.3, -0.25) is 24.1 Å². The van der Waals surface area contributed by atoms with Crippen molar-refractivity contribution in [2.45, 2.75) is 32.1 Å². The minimum Gasteiger partial charge on any atom is -0.496 e. The van der Waals surface area contributed by atoms with Crippen molar-refractivity contribution in [2.24, 2.45) is 11.8 Å². The predicted molar refractivity (Wildman–Crippen MR) is 122 cm³/mol. The van der Waals surface area contributed by atoms with Crippen LogP contribution in [0.3, 0.4) is 0 Å². The number of Topliss-reactive ketones (excluding diaryl/α,β-unsaturated/α-hetero) is 1. The maximum atomic E-state index is 13.3. The van der Waals surface area contributed by atoms with Gasteiger partial charge in [0, 0.05) is 23.8 Å². The molecule has 0 aromatic heterocycles. The van der Waals surface area contributed by atoms with Gasteiger partial charge >= 0.3 is 5.97 Å². The molecule has 1 aliphatic heterocycles. The molecule has 33 heavy (non-hydrogen) atoms. The molecule has 8 heteroatoms. The Hall–Kier alpha value is -3.19. The van der Waals surface area contributed by atoms with Gasteiger partial charge in [-0.2, -0.15) is 0 Å². The van der Waals surface area contributed by atoms with Gasteiger partial charge in [0.1, 0.15) is 5.75 Å². The summed E-state index contributed by atoms with van der Waals surface area (Å²) in [7, 11) is 1.51. The molecule has 2 aromatic carbocycles. The maximum absolute atomic E-state index is 13.3. The average Bonchev–Trinajstić information content (AvgIpc) is 2.93. The van der Waals surface area contributed by atoms with E-state index in [1.807, 2.05) is 6.07 Å². The Morgan fingerprint density at radius 3 is 2.58 bits per heavy atom. The lowest BCUT2D eigenvalue weighted by Crippen LogP contribution is -2.43. The zero-order valence-corrected chi connectivity index (χ0v) is 19.1. The first-order valence-electron chi connectivity index (χ1n) is 10.7. The third kappa shape index (κ3) is 6.42. The van der Waals surface area contributed by atoms with E-state index in [0.717, 1.165) is 10.5 Å². The number of aliphatic carboxylic acids is 1. The molecular weight excluding hydrogens is 446 g/mol. The van der Waals surface area contributed by atoms with Crippen molar-refractivity contribution in [3.05, 3.63) is 64.7 Å². The van der Waals surface area contributed by atoms with Crippen LogP contribution in [0.5, 0.6) is 5.75 Å². The SMILES string of the molecule is COc1ccc(Cl)cc1CC1CCC(=O)CN(C(=O)C[C@@H](Cc2ccccc2)C(=O)O)C1=O. The van der Waals surface area contributed by atoms with Gasteiger partial charge < -0.3 is 9.84 Å². The number of imide groups is 1. The van der Waals surface area contributed by atoms with Crippen LogP contribution in [0, 0.1) is 11.8 Å². The lowest BCUT2D eigenvalue weighted by molar-refractivity contribution is -0.152. The van der Waals surface area contributed by atoms with Gasteiger partial charge in [0.05, 0.1) is 19.6 Å². The van der Waals surface area contributed by atoms with Crippen molar-refractivity contribution in [1.82, 2.24) is 4.90 Å². The van der Waals surface area contributed by atoms with Crippen LogP contribution in [0.15, 0.2) is 48.5 Å². The highest BCUT2D eigenvalue weighted by atomic mass is 35.5. The fourth-order valence-electron chi connectivity index (χ4n) is 4.05. The first-order valence-corrected chi connectivity index (χ1v) is 11.1. The third-order valence-corrected chi connectivity index (χ3v) is 6.06. The largest absolute Gasteiger partial charge is 0.496 e. The van der Waals surface area contributed by atoms with Gasteiger partial charge in [-0.1, -0.05) is 41.9 Å². The van der Waals surface area contributed by atoms with Crippen molar-refractivity contribution in [2.75, 3.05) is 13.7 Å². The first kappa shape index (κ1) is 24.5. The molecule has 1 fully saturated rings. The van der Waals surface area contributed by atoms with E-state index in [-0.39, 0.29) is 38.0 Å². The molecule has 2 aromatic rings. The fourth-order valence-corrected chi connectivity index (χ4v) is 4.25. The number of ether oxygens (including phenoxy) is 1. The Balaban J connectivity index is 1.78. The summed E-state index contributed by atoms with van der Waals surface area (Å²) in [6, 6.07) is 14.1. The molecule has 1 saturated heterocycles. The van der Waals surface area contributed by atoms with Crippen LogP contribution in [-0.2, 0) is 32.0 Å². The van der Waals surface area contributed by atoms with E-state index in [9.17, 15) is 24.3 Å². The number of carbonyl (C=O) groups is 4. The van der Waals surface area contributed by atoms with Crippen molar-refractivity contribution in [3.8, 4) is 5.75 Å². The molecule has 1 heterocycles. The molecule has 3 rings (SSSR count). The minimum absolute atomic E-state index is 0.154. The zero-order valence-electron chi connectivity index (χ0n) is 18.3. The van der Waals surface area contributed by atoms with Crippen LogP contribution in [0.4, 0.5) is 0 Å². The van der Waals surface area contributed by atoms with Crippen LogP contribution >= 0.6 is 11.6 Å². The maximum Gasteiger partial charge on any atom is 0.307 e. The molecule has 0 saturated carbocycles. The minimum atomic E-state index is -1.12. The third-order valence-electron chi connectivity index (χ3n) is 5.83. The summed E-state index contributed by atoms with van der Waals surface area (Å²) in [4.78, 5) is 51.3. The summed E-state index contributed by atoms with van der Waals surface area (Å²) >= 11 is 6.10.